The molecule has 7 nitrogen and oxygen atoms in total. The van der Waals surface area contributed by atoms with E-state index < -0.39 is 52.4 Å². The number of amides is 2. The van der Waals surface area contributed by atoms with Crippen LogP contribution in [0.1, 0.15) is 16.7 Å². The molecule has 0 saturated carbocycles. The molecule has 2 aromatic carbocycles. The second-order valence-electron chi connectivity index (χ2n) is 6.92. The molecule has 0 fully saturated rings. The Bertz CT molecular complexity index is 1100. The Morgan fingerprint density at radius 1 is 1.06 bits per heavy atom. The highest BCUT2D eigenvalue weighted by Gasteiger charge is 2.33. The first kappa shape index (κ1) is 25.1. The van der Waals surface area contributed by atoms with Gasteiger partial charge in [-0.05, 0) is 30.7 Å². The molecule has 0 spiro atoms. The molecule has 0 radical (unpaired) electrons. The maximum absolute atomic E-state index is 13.0. The highest BCUT2D eigenvalue weighted by Crippen LogP contribution is 2.34. The van der Waals surface area contributed by atoms with Gasteiger partial charge in [-0.1, -0.05) is 42.0 Å². The predicted molar refractivity (Wildman–Crippen MR) is 115 cm³/mol. The topological polar surface area (TPSA) is 95.6 Å². The summed E-state index contributed by atoms with van der Waals surface area (Å²) in [6, 6.07) is 11.5. The molecule has 32 heavy (non-hydrogen) atoms. The quantitative estimate of drug-likeness (QED) is 0.621. The third kappa shape index (κ3) is 7.82. The van der Waals surface area contributed by atoms with Gasteiger partial charge in [0.15, 0.2) is 0 Å². The van der Waals surface area contributed by atoms with Crippen molar-refractivity contribution in [2.24, 2.45) is 0 Å². The molecule has 2 N–H and O–H groups in total. The largest absolute Gasteiger partial charge is 0.418 e. The first-order valence-corrected chi connectivity index (χ1v) is 10.9. The summed E-state index contributed by atoms with van der Waals surface area (Å²) in [5.74, 6) is -1.60. The first-order valence-electron chi connectivity index (χ1n) is 9.32. The molecule has 2 aromatic rings. The number of alkyl halides is 3. The summed E-state index contributed by atoms with van der Waals surface area (Å²) in [5.41, 5.74) is 0.214. The molecule has 0 aliphatic carbocycles. The Morgan fingerprint density at radius 3 is 2.31 bits per heavy atom. The lowest BCUT2D eigenvalue weighted by Gasteiger charge is -2.18. The number of likely N-dealkylation sites (N-methyl/N-ethyl adjacent to an activating group) is 1. The lowest BCUT2D eigenvalue weighted by molar-refractivity contribution is -0.137. The van der Waals surface area contributed by atoms with Crippen LogP contribution in [0.25, 0.3) is 6.08 Å². The summed E-state index contributed by atoms with van der Waals surface area (Å²) in [6.07, 6.45) is -3.29. The Hall–Kier alpha value is -3.18. The number of hydrogen-bond acceptors (Lipinski definition) is 4. The molecule has 0 aliphatic rings. The smallest absolute Gasteiger partial charge is 0.335 e. The van der Waals surface area contributed by atoms with Gasteiger partial charge in [0.1, 0.15) is 0 Å². The van der Waals surface area contributed by atoms with Crippen LogP contribution in [0, 0.1) is 6.92 Å². The molecule has 0 unspecified atom stereocenters. The second kappa shape index (κ2) is 10.4. The van der Waals surface area contributed by atoms with E-state index in [2.05, 4.69) is 10.0 Å². The number of nitrogens with one attached hydrogen (secondary N) is 2. The average Bonchev–Trinajstić information content (AvgIpc) is 2.71. The van der Waals surface area contributed by atoms with Gasteiger partial charge in [0.05, 0.1) is 24.3 Å². The fraction of sp³-hybridized carbons (Fsp3) is 0.238. The van der Waals surface area contributed by atoms with Crippen molar-refractivity contribution in [3.05, 3.63) is 70.6 Å². The average molecular weight is 469 g/mol. The van der Waals surface area contributed by atoms with Crippen LogP contribution < -0.4 is 10.0 Å². The van der Waals surface area contributed by atoms with Crippen molar-refractivity contribution in [1.82, 2.24) is 9.62 Å². The van der Waals surface area contributed by atoms with E-state index in [4.69, 9.17) is 0 Å². The van der Waals surface area contributed by atoms with Gasteiger partial charge in [0.25, 0.3) is 0 Å². The van der Waals surface area contributed by atoms with Crippen LogP contribution in [-0.2, 0) is 25.8 Å². The highest BCUT2D eigenvalue weighted by molar-refractivity contribution is 7.92. The Balaban J connectivity index is 1.90. The lowest BCUT2D eigenvalue weighted by atomic mass is 10.1. The van der Waals surface area contributed by atoms with Crippen LogP contribution in [0.4, 0.5) is 18.9 Å². The molecule has 0 atom stereocenters. The molecular weight excluding hydrogens is 447 g/mol. The first-order chi connectivity index (χ1) is 14.9. The predicted octanol–water partition coefficient (Wildman–Crippen LogP) is 3.00. The van der Waals surface area contributed by atoms with Crippen molar-refractivity contribution >= 4 is 33.6 Å². The molecule has 0 aromatic heterocycles. The minimum atomic E-state index is -4.66. The van der Waals surface area contributed by atoms with Gasteiger partial charge in [-0.3, -0.25) is 9.59 Å². The number of carbonyl (C=O) groups is 2. The van der Waals surface area contributed by atoms with E-state index in [-0.39, 0.29) is 0 Å². The van der Waals surface area contributed by atoms with Crippen LogP contribution >= 0.6 is 0 Å². The highest BCUT2D eigenvalue weighted by atomic mass is 32.2. The van der Waals surface area contributed by atoms with Gasteiger partial charge < -0.3 is 10.2 Å². The van der Waals surface area contributed by atoms with Crippen LogP contribution in [0.5, 0.6) is 0 Å². The third-order valence-electron chi connectivity index (χ3n) is 4.25. The van der Waals surface area contributed by atoms with Crippen molar-refractivity contribution in [1.29, 1.82) is 0 Å². The summed E-state index contributed by atoms with van der Waals surface area (Å²) < 4.78 is 65.2. The number of sulfonamides is 1. The van der Waals surface area contributed by atoms with E-state index in [9.17, 15) is 31.2 Å². The SMILES string of the molecule is Cc1ccc(/C=C/S(=O)(=O)NCC(=O)N(C)CC(=O)Nc2ccccc2C(F)(F)F)cc1. The monoisotopic (exact) mass is 469 g/mol. The van der Waals surface area contributed by atoms with E-state index in [0.717, 1.165) is 28.0 Å². The number of nitrogens with zero attached hydrogens (tertiary/aromatic N) is 1. The van der Waals surface area contributed by atoms with E-state index in [1.807, 2.05) is 19.1 Å². The number of carbonyl (C=O) groups excluding carboxylic acids is 2. The zero-order chi connectivity index (χ0) is 23.9. The van der Waals surface area contributed by atoms with E-state index in [1.54, 1.807) is 12.1 Å². The van der Waals surface area contributed by atoms with Gasteiger partial charge in [0.2, 0.25) is 21.8 Å². The molecule has 0 saturated heterocycles. The molecule has 172 valence electrons. The van der Waals surface area contributed by atoms with E-state index in [0.29, 0.717) is 5.56 Å². The number of anilines is 1. The van der Waals surface area contributed by atoms with Crippen molar-refractivity contribution < 1.29 is 31.2 Å². The zero-order valence-electron chi connectivity index (χ0n) is 17.3. The van der Waals surface area contributed by atoms with E-state index in [1.165, 1.54) is 25.3 Å². The van der Waals surface area contributed by atoms with Crippen LogP contribution in [-0.4, -0.2) is 45.3 Å². The molecule has 0 bridgehead atoms. The molecule has 2 amide bonds. The normalized spacial score (nSPS) is 12.0. The molecule has 0 aliphatic heterocycles. The van der Waals surface area contributed by atoms with Crippen molar-refractivity contribution in [3.63, 3.8) is 0 Å². The Kier molecular flexibility index (Phi) is 8.17. The van der Waals surface area contributed by atoms with Crippen molar-refractivity contribution in [2.75, 3.05) is 25.5 Å². The molecular formula is C21H22F3N3O4S. The van der Waals surface area contributed by atoms with Gasteiger partial charge in [0, 0.05) is 12.5 Å². The lowest BCUT2D eigenvalue weighted by Crippen LogP contribution is -2.41. The summed E-state index contributed by atoms with van der Waals surface area (Å²) >= 11 is 0. The fourth-order valence-corrected chi connectivity index (χ4v) is 3.28. The zero-order valence-corrected chi connectivity index (χ0v) is 18.1. The maximum Gasteiger partial charge on any atom is 0.418 e. The second-order valence-corrected chi connectivity index (χ2v) is 8.57. The summed E-state index contributed by atoms with van der Waals surface area (Å²) in [6.45, 7) is 0.707. The van der Waals surface area contributed by atoms with Gasteiger partial charge in [-0.2, -0.15) is 13.2 Å². The van der Waals surface area contributed by atoms with Gasteiger partial charge in [-0.15, -0.1) is 0 Å². The van der Waals surface area contributed by atoms with Crippen LogP contribution in [0.3, 0.4) is 0 Å². The third-order valence-corrected chi connectivity index (χ3v) is 5.30. The van der Waals surface area contributed by atoms with Crippen molar-refractivity contribution in [2.45, 2.75) is 13.1 Å². The van der Waals surface area contributed by atoms with Gasteiger partial charge in [-0.25, -0.2) is 13.1 Å². The van der Waals surface area contributed by atoms with Crippen LogP contribution in [0.2, 0.25) is 0 Å². The standard InChI is InChI=1S/C21H22F3N3O4S/c1-15-7-9-16(10-8-15)11-12-32(30,31)25-13-20(29)27(2)14-19(28)26-18-6-4-3-5-17(18)21(22,23)24/h3-12,25H,13-14H2,1-2H3,(H,26,28)/b12-11+. The summed E-state index contributed by atoms with van der Waals surface area (Å²) in [4.78, 5) is 25.1. The maximum atomic E-state index is 13.0. The van der Waals surface area contributed by atoms with Crippen LogP contribution in [0.15, 0.2) is 53.9 Å². The molecule has 11 heteroatoms. The minimum absolute atomic E-state index is 0.437. The minimum Gasteiger partial charge on any atom is -0.335 e. The van der Waals surface area contributed by atoms with E-state index >= 15 is 0 Å². The number of aryl methyl sites for hydroxylation is 1. The number of halogens is 3. The molecule has 2 rings (SSSR count). The molecule has 0 heterocycles. The Morgan fingerprint density at radius 2 is 1.69 bits per heavy atom. The number of rotatable bonds is 8. The van der Waals surface area contributed by atoms with Crippen molar-refractivity contribution in [3.8, 4) is 0 Å². The number of para-hydroxylation sites is 1. The Labute approximate surface area is 184 Å². The fourth-order valence-electron chi connectivity index (χ4n) is 2.52. The summed E-state index contributed by atoms with van der Waals surface area (Å²) in [7, 11) is -2.69. The number of hydrogen-bond donors (Lipinski definition) is 2. The summed E-state index contributed by atoms with van der Waals surface area (Å²) in [5, 5.41) is 3.02. The number of benzene rings is 2. The van der Waals surface area contributed by atoms with Gasteiger partial charge >= 0.3 is 6.18 Å².